The highest BCUT2D eigenvalue weighted by Gasteiger charge is 2.31. The zero-order chi connectivity index (χ0) is 13.8. The van der Waals surface area contributed by atoms with E-state index in [1.807, 2.05) is 6.07 Å². The van der Waals surface area contributed by atoms with Crippen molar-refractivity contribution in [2.75, 3.05) is 11.9 Å². The van der Waals surface area contributed by atoms with E-state index in [2.05, 4.69) is 26.0 Å². The van der Waals surface area contributed by atoms with Crippen LogP contribution in [0.1, 0.15) is 6.92 Å². The highest BCUT2D eigenvalue weighted by atomic mass is 79.9. The van der Waals surface area contributed by atoms with Crippen LogP contribution < -0.4 is 10.1 Å². The van der Waals surface area contributed by atoms with Gasteiger partial charge in [0.15, 0.2) is 0 Å². The van der Waals surface area contributed by atoms with E-state index in [0.717, 1.165) is 0 Å². The van der Waals surface area contributed by atoms with Crippen molar-refractivity contribution in [3.8, 4) is 11.8 Å². The van der Waals surface area contributed by atoms with E-state index in [0.29, 0.717) is 12.2 Å². The van der Waals surface area contributed by atoms with Gasteiger partial charge in [-0.05, 0) is 41.1 Å². The molecule has 1 unspecified atom stereocenters. The van der Waals surface area contributed by atoms with Crippen molar-refractivity contribution in [1.29, 1.82) is 5.26 Å². The van der Waals surface area contributed by atoms with Gasteiger partial charge in [-0.1, -0.05) is 0 Å². The molecule has 1 aromatic carbocycles. The second-order valence-electron chi connectivity index (χ2n) is 3.60. The van der Waals surface area contributed by atoms with Crippen LogP contribution in [0, 0.1) is 17.2 Å². The lowest BCUT2D eigenvalue weighted by Gasteiger charge is -2.12. The average Bonchev–Trinajstić information content (AvgIpc) is 2.27. The molecule has 0 aliphatic carbocycles. The summed E-state index contributed by atoms with van der Waals surface area (Å²) in [4.78, 5) is 0. The first-order valence-corrected chi connectivity index (χ1v) is 5.80. The molecule has 0 fully saturated rings. The lowest BCUT2D eigenvalue weighted by atomic mass is 10.2. The molecule has 0 heterocycles. The first-order chi connectivity index (χ1) is 8.31. The molecule has 0 aromatic heterocycles. The van der Waals surface area contributed by atoms with Gasteiger partial charge in [0.2, 0.25) is 0 Å². The number of nitrogens with zero attached hydrogens (tertiary/aromatic N) is 1. The molecule has 0 saturated carbocycles. The molecule has 0 bridgehead atoms. The van der Waals surface area contributed by atoms with Gasteiger partial charge in [-0.25, -0.2) is 0 Å². The van der Waals surface area contributed by atoms with E-state index < -0.39 is 6.36 Å². The summed E-state index contributed by atoms with van der Waals surface area (Å²) in [5, 5.41) is 11.5. The number of ether oxygens (including phenoxy) is 1. The standard InChI is InChI=1S/C11H10BrF3N2O/c1-7(5-16)6-17-8-2-3-10(9(12)4-8)18-11(13,14)15/h2-4,7,17H,6H2,1H3. The predicted octanol–water partition coefficient (Wildman–Crippen LogP) is 3.92. The normalized spacial score (nSPS) is 12.7. The number of hydrogen-bond donors (Lipinski definition) is 1. The molecule has 0 aliphatic rings. The van der Waals surface area contributed by atoms with Crippen LogP contribution in [0.4, 0.5) is 18.9 Å². The highest BCUT2D eigenvalue weighted by molar-refractivity contribution is 9.10. The van der Waals surface area contributed by atoms with E-state index in [-0.39, 0.29) is 16.1 Å². The van der Waals surface area contributed by atoms with E-state index >= 15 is 0 Å². The Morgan fingerprint density at radius 2 is 2.17 bits per heavy atom. The van der Waals surface area contributed by atoms with Gasteiger partial charge >= 0.3 is 6.36 Å². The number of nitriles is 1. The minimum Gasteiger partial charge on any atom is -0.405 e. The van der Waals surface area contributed by atoms with Gasteiger partial charge in [0.05, 0.1) is 16.5 Å². The van der Waals surface area contributed by atoms with Crippen molar-refractivity contribution in [2.45, 2.75) is 13.3 Å². The molecule has 1 N–H and O–H groups in total. The fraction of sp³-hybridized carbons (Fsp3) is 0.364. The van der Waals surface area contributed by atoms with Crippen LogP contribution >= 0.6 is 15.9 Å². The molecule has 0 aliphatic heterocycles. The molecule has 0 spiro atoms. The van der Waals surface area contributed by atoms with Crippen molar-refractivity contribution in [2.24, 2.45) is 5.92 Å². The average molecular weight is 323 g/mol. The maximum atomic E-state index is 12.0. The summed E-state index contributed by atoms with van der Waals surface area (Å²) in [7, 11) is 0. The van der Waals surface area contributed by atoms with E-state index in [1.165, 1.54) is 18.2 Å². The maximum Gasteiger partial charge on any atom is 0.573 e. The number of alkyl halides is 3. The molecule has 18 heavy (non-hydrogen) atoms. The quantitative estimate of drug-likeness (QED) is 0.913. The van der Waals surface area contributed by atoms with Gasteiger partial charge in [0.25, 0.3) is 0 Å². The molecule has 3 nitrogen and oxygen atoms in total. The Labute approximate surface area is 111 Å². The van der Waals surface area contributed by atoms with Gasteiger partial charge in [-0.2, -0.15) is 5.26 Å². The van der Waals surface area contributed by atoms with Gasteiger partial charge in [0, 0.05) is 12.2 Å². The number of rotatable bonds is 4. The van der Waals surface area contributed by atoms with Crippen LogP contribution in [-0.2, 0) is 0 Å². The maximum absolute atomic E-state index is 12.0. The van der Waals surface area contributed by atoms with Crippen LogP contribution in [0.25, 0.3) is 0 Å². The third-order valence-corrected chi connectivity index (χ3v) is 2.61. The zero-order valence-electron chi connectivity index (χ0n) is 9.38. The summed E-state index contributed by atoms with van der Waals surface area (Å²) in [6.45, 7) is 2.16. The minimum atomic E-state index is -4.72. The van der Waals surface area contributed by atoms with Crippen LogP contribution in [0.2, 0.25) is 0 Å². The molecule has 0 amide bonds. The number of nitrogens with one attached hydrogen (secondary N) is 1. The SMILES string of the molecule is CC(C#N)CNc1ccc(OC(F)(F)F)c(Br)c1. The van der Waals surface area contributed by atoms with Crippen LogP contribution in [0.15, 0.2) is 22.7 Å². The zero-order valence-corrected chi connectivity index (χ0v) is 11.0. The lowest BCUT2D eigenvalue weighted by Crippen LogP contribution is -2.17. The molecular formula is C11H10BrF3N2O. The van der Waals surface area contributed by atoms with Crippen molar-refractivity contribution in [3.63, 3.8) is 0 Å². The smallest absolute Gasteiger partial charge is 0.405 e. The fourth-order valence-corrected chi connectivity index (χ4v) is 1.59. The minimum absolute atomic E-state index is 0.185. The number of halogens is 4. The van der Waals surface area contributed by atoms with Crippen LogP contribution in [0.3, 0.4) is 0 Å². The molecule has 7 heteroatoms. The van der Waals surface area contributed by atoms with Gasteiger partial charge in [-0.15, -0.1) is 13.2 Å². The molecule has 0 radical (unpaired) electrons. The van der Waals surface area contributed by atoms with Crippen molar-refractivity contribution < 1.29 is 17.9 Å². The summed E-state index contributed by atoms with van der Waals surface area (Å²) in [6, 6.07) is 6.17. The van der Waals surface area contributed by atoms with Gasteiger partial charge in [0.1, 0.15) is 5.75 Å². The van der Waals surface area contributed by atoms with E-state index in [4.69, 9.17) is 5.26 Å². The molecule has 1 rings (SSSR count). The van der Waals surface area contributed by atoms with Crippen molar-refractivity contribution in [1.82, 2.24) is 0 Å². The molecular weight excluding hydrogens is 313 g/mol. The second kappa shape index (κ2) is 5.96. The van der Waals surface area contributed by atoms with E-state index in [9.17, 15) is 13.2 Å². The largest absolute Gasteiger partial charge is 0.573 e. The Bertz CT molecular complexity index is 457. The Morgan fingerprint density at radius 3 is 2.67 bits per heavy atom. The first-order valence-electron chi connectivity index (χ1n) is 5.00. The summed E-state index contributed by atoms with van der Waals surface area (Å²) in [5.41, 5.74) is 0.610. The molecule has 98 valence electrons. The number of benzene rings is 1. The van der Waals surface area contributed by atoms with Crippen LogP contribution in [0.5, 0.6) is 5.75 Å². The summed E-state index contributed by atoms with van der Waals surface area (Å²) >= 11 is 2.99. The summed E-state index contributed by atoms with van der Waals surface area (Å²) in [6.07, 6.45) is -4.72. The number of anilines is 1. The van der Waals surface area contributed by atoms with Gasteiger partial charge < -0.3 is 10.1 Å². The Balaban J connectivity index is 2.71. The number of hydrogen-bond acceptors (Lipinski definition) is 3. The predicted molar refractivity (Wildman–Crippen MR) is 64.1 cm³/mol. The third kappa shape index (κ3) is 4.84. The third-order valence-electron chi connectivity index (χ3n) is 1.99. The van der Waals surface area contributed by atoms with Gasteiger partial charge in [-0.3, -0.25) is 0 Å². The Morgan fingerprint density at radius 1 is 1.50 bits per heavy atom. The van der Waals surface area contributed by atoms with Crippen molar-refractivity contribution in [3.05, 3.63) is 22.7 Å². The summed E-state index contributed by atoms with van der Waals surface area (Å²) < 4.78 is 40.1. The Kier molecular flexibility index (Phi) is 4.84. The monoisotopic (exact) mass is 322 g/mol. The van der Waals surface area contributed by atoms with Crippen molar-refractivity contribution >= 4 is 21.6 Å². The topological polar surface area (TPSA) is 45.0 Å². The fourth-order valence-electron chi connectivity index (χ4n) is 1.13. The highest BCUT2D eigenvalue weighted by Crippen LogP contribution is 2.32. The molecule has 1 atom stereocenters. The summed E-state index contributed by atoms with van der Waals surface area (Å²) in [5.74, 6) is -0.490. The molecule has 0 saturated heterocycles. The lowest BCUT2D eigenvalue weighted by molar-refractivity contribution is -0.274. The second-order valence-corrected chi connectivity index (χ2v) is 4.46. The van der Waals surface area contributed by atoms with E-state index in [1.54, 1.807) is 6.92 Å². The first kappa shape index (κ1) is 14.6. The Hall–Kier alpha value is -1.42. The molecule has 1 aromatic rings. The van der Waals surface area contributed by atoms with Crippen LogP contribution in [-0.4, -0.2) is 12.9 Å².